The Morgan fingerprint density at radius 3 is 2.26 bits per heavy atom. The van der Waals surface area contributed by atoms with E-state index in [1.165, 1.54) is 11.3 Å². The molecule has 0 unspecified atom stereocenters. The van der Waals surface area contributed by atoms with Gasteiger partial charge in [0.1, 0.15) is 21.7 Å². The van der Waals surface area contributed by atoms with Crippen LogP contribution in [0.5, 0.6) is 11.5 Å². The van der Waals surface area contributed by atoms with E-state index in [1.807, 2.05) is 27.1 Å². The van der Waals surface area contributed by atoms with Crippen LogP contribution in [0.25, 0.3) is 10.2 Å². The predicted molar refractivity (Wildman–Crippen MR) is 141 cm³/mol. The molecule has 2 aromatic carbocycles. The van der Waals surface area contributed by atoms with Gasteiger partial charge in [0.2, 0.25) is 5.91 Å². The third-order valence-electron chi connectivity index (χ3n) is 5.60. The number of anilines is 1. The van der Waals surface area contributed by atoms with Crippen molar-refractivity contribution in [3.63, 3.8) is 0 Å². The number of hydrogen-bond acceptors (Lipinski definition) is 8. The van der Waals surface area contributed by atoms with Crippen LogP contribution in [0, 0.1) is 6.92 Å². The van der Waals surface area contributed by atoms with Crippen molar-refractivity contribution in [2.75, 3.05) is 52.1 Å². The Morgan fingerprint density at radius 1 is 0.971 bits per heavy atom. The fourth-order valence-electron chi connectivity index (χ4n) is 3.67. The Morgan fingerprint density at radius 2 is 1.63 bits per heavy atom. The standard InChI is InChI=1S/C25H33N3O5S2/c1-18-9-11-19(12-10-18)35(30,31)17-6-8-22(29)28(16-7-15-27(2)3)25-26-23-20(32-4)13-14-21(33-5)24(23)34-25/h9-14H,6-8,15-17H2,1-5H3. The number of hydrogen-bond donors (Lipinski definition) is 0. The van der Waals surface area contributed by atoms with Crippen molar-refractivity contribution in [3.8, 4) is 11.5 Å². The van der Waals surface area contributed by atoms with Gasteiger partial charge in [-0.25, -0.2) is 13.4 Å². The SMILES string of the molecule is COc1ccc(OC)c2sc(N(CCCN(C)C)C(=O)CCCS(=O)(=O)c3ccc(C)cc3)nc12. The van der Waals surface area contributed by atoms with Gasteiger partial charge in [-0.1, -0.05) is 29.0 Å². The summed E-state index contributed by atoms with van der Waals surface area (Å²) < 4.78 is 37.1. The zero-order chi connectivity index (χ0) is 25.6. The summed E-state index contributed by atoms with van der Waals surface area (Å²) in [5.41, 5.74) is 1.63. The number of aromatic nitrogens is 1. The van der Waals surface area contributed by atoms with E-state index in [1.54, 1.807) is 49.5 Å². The first-order valence-corrected chi connectivity index (χ1v) is 13.9. The molecule has 3 aromatic rings. The van der Waals surface area contributed by atoms with E-state index in [4.69, 9.17) is 14.5 Å². The summed E-state index contributed by atoms with van der Waals surface area (Å²) in [7, 11) is 3.68. The molecule has 0 atom stereocenters. The summed E-state index contributed by atoms with van der Waals surface area (Å²) in [6.07, 6.45) is 1.10. The highest BCUT2D eigenvalue weighted by Crippen LogP contribution is 2.40. The van der Waals surface area contributed by atoms with E-state index < -0.39 is 9.84 Å². The molecule has 0 aliphatic carbocycles. The molecule has 35 heavy (non-hydrogen) atoms. The number of carbonyl (C=O) groups is 1. The Bertz CT molecular complexity index is 1210. The molecule has 0 aliphatic heterocycles. The molecule has 8 nitrogen and oxygen atoms in total. The summed E-state index contributed by atoms with van der Waals surface area (Å²) in [6, 6.07) is 10.4. The molecule has 0 fully saturated rings. The maximum atomic E-state index is 13.3. The van der Waals surface area contributed by atoms with Crippen LogP contribution >= 0.6 is 11.3 Å². The molecule has 0 saturated heterocycles. The topological polar surface area (TPSA) is 89.0 Å². The van der Waals surface area contributed by atoms with E-state index in [2.05, 4.69) is 4.90 Å². The number of thiazole rings is 1. The lowest BCUT2D eigenvalue weighted by atomic mass is 10.2. The van der Waals surface area contributed by atoms with Gasteiger partial charge >= 0.3 is 0 Å². The number of amides is 1. The molecule has 0 spiro atoms. The van der Waals surface area contributed by atoms with E-state index >= 15 is 0 Å². The van der Waals surface area contributed by atoms with Gasteiger partial charge in [0.05, 0.1) is 24.9 Å². The van der Waals surface area contributed by atoms with Gasteiger partial charge in [-0.3, -0.25) is 9.69 Å². The van der Waals surface area contributed by atoms with Gasteiger partial charge in [0.15, 0.2) is 15.0 Å². The molecular weight excluding hydrogens is 486 g/mol. The molecule has 3 rings (SSSR count). The van der Waals surface area contributed by atoms with Crippen LogP contribution in [-0.2, 0) is 14.6 Å². The van der Waals surface area contributed by atoms with Gasteiger partial charge in [-0.15, -0.1) is 0 Å². The van der Waals surface area contributed by atoms with E-state index in [0.717, 1.165) is 23.2 Å². The van der Waals surface area contributed by atoms with Crippen molar-refractivity contribution in [2.24, 2.45) is 0 Å². The lowest BCUT2D eigenvalue weighted by molar-refractivity contribution is -0.118. The summed E-state index contributed by atoms with van der Waals surface area (Å²) in [5.74, 6) is 1.02. The average Bonchev–Trinajstić information content (AvgIpc) is 3.26. The van der Waals surface area contributed by atoms with Crippen molar-refractivity contribution >= 4 is 42.4 Å². The lowest BCUT2D eigenvalue weighted by Crippen LogP contribution is -2.33. The minimum Gasteiger partial charge on any atom is -0.495 e. The van der Waals surface area contributed by atoms with Crippen LogP contribution in [0.2, 0.25) is 0 Å². The number of nitrogens with zero attached hydrogens (tertiary/aromatic N) is 3. The minimum absolute atomic E-state index is 0.0885. The number of methoxy groups -OCH3 is 2. The highest BCUT2D eigenvalue weighted by molar-refractivity contribution is 7.91. The van der Waals surface area contributed by atoms with E-state index in [-0.39, 0.29) is 29.4 Å². The van der Waals surface area contributed by atoms with Gasteiger partial charge in [-0.2, -0.15) is 0 Å². The molecule has 0 radical (unpaired) electrons. The number of sulfone groups is 1. The fourth-order valence-corrected chi connectivity index (χ4v) is 6.10. The molecule has 10 heteroatoms. The zero-order valence-electron chi connectivity index (χ0n) is 20.9. The molecule has 0 aliphatic rings. The molecule has 1 amide bonds. The number of carbonyl (C=O) groups excluding carboxylic acids is 1. The third-order valence-corrected chi connectivity index (χ3v) is 8.51. The first-order chi connectivity index (χ1) is 16.7. The third kappa shape index (κ3) is 6.71. The van der Waals surface area contributed by atoms with Crippen LogP contribution in [0.15, 0.2) is 41.3 Å². The molecule has 190 valence electrons. The van der Waals surface area contributed by atoms with E-state index in [0.29, 0.717) is 28.7 Å². The summed E-state index contributed by atoms with van der Waals surface area (Å²) in [5, 5.41) is 0.549. The van der Waals surface area contributed by atoms with Gasteiger partial charge in [-0.05, 0) is 64.7 Å². The van der Waals surface area contributed by atoms with Gasteiger partial charge in [0.25, 0.3) is 0 Å². The lowest BCUT2D eigenvalue weighted by Gasteiger charge is -2.21. The Kier molecular flexibility index (Phi) is 9.09. The van der Waals surface area contributed by atoms with Crippen molar-refractivity contribution in [1.82, 2.24) is 9.88 Å². The summed E-state index contributed by atoms with van der Waals surface area (Å²) in [4.78, 5) is 22.0. The van der Waals surface area contributed by atoms with Crippen LogP contribution < -0.4 is 14.4 Å². The van der Waals surface area contributed by atoms with E-state index in [9.17, 15) is 13.2 Å². The summed E-state index contributed by atoms with van der Waals surface area (Å²) in [6.45, 7) is 3.20. The Hall–Kier alpha value is -2.69. The minimum atomic E-state index is -3.45. The average molecular weight is 520 g/mol. The normalized spacial score (nSPS) is 11.7. The second-order valence-corrected chi connectivity index (χ2v) is 11.7. The van der Waals surface area contributed by atoms with Crippen LogP contribution in [0.3, 0.4) is 0 Å². The van der Waals surface area contributed by atoms with Crippen molar-refractivity contribution in [1.29, 1.82) is 0 Å². The van der Waals surface area contributed by atoms with Crippen LogP contribution in [0.4, 0.5) is 5.13 Å². The predicted octanol–water partition coefficient (Wildman–Crippen LogP) is 4.16. The second kappa shape index (κ2) is 11.8. The fraction of sp³-hybridized carbons (Fsp3) is 0.440. The molecule has 0 N–H and O–H groups in total. The van der Waals surface area contributed by atoms with Crippen molar-refractivity contribution < 1.29 is 22.7 Å². The largest absolute Gasteiger partial charge is 0.495 e. The van der Waals surface area contributed by atoms with Crippen molar-refractivity contribution in [2.45, 2.75) is 31.1 Å². The Labute approximate surface area is 211 Å². The number of benzene rings is 2. The smallest absolute Gasteiger partial charge is 0.228 e. The molecule has 0 saturated carbocycles. The van der Waals surface area contributed by atoms with Gasteiger partial charge < -0.3 is 14.4 Å². The maximum Gasteiger partial charge on any atom is 0.228 e. The van der Waals surface area contributed by atoms with Gasteiger partial charge in [0, 0.05) is 13.0 Å². The first kappa shape index (κ1) is 26.9. The highest BCUT2D eigenvalue weighted by Gasteiger charge is 2.23. The number of rotatable bonds is 12. The Balaban J connectivity index is 1.80. The first-order valence-electron chi connectivity index (χ1n) is 11.4. The summed E-state index contributed by atoms with van der Waals surface area (Å²) >= 11 is 1.37. The zero-order valence-corrected chi connectivity index (χ0v) is 22.5. The quantitative estimate of drug-likeness (QED) is 0.355. The van der Waals surface area contributed by atoms with Crippen molar-refractivity contribution in [3.05, 3.63) is 42.0 Å². The maximum absolute atomic E-state index is 13.3. The number of aryl methyl sites for hydroxylation is 1. The highest BCUT2D eigenvalue weighted by atomic mass is 32.2. The molecule has 1 heterocycles. The second-order valence-electron chi connectivity index (χ2n) is 8.58. The van der Waals surface area contributed by atoms with Crippen LogP contribution in [-0.4, -0.2) is 71.4 Å². The molecular formula is C25H33N3O5S2. The number of fused-ring (bicyclic) bond motifs is 1. The monoisotopic (exact) mass is 519 g/mol. The van der Waals surface area contributed by atoms with Crippen LogP contribution in [0.1, 0.15) is 24.8 Å². The molecule has 1 aromatic heterocycles. The number of ether oxygens (including phenoxy) is 2. The molecule has 0 bridgehead atoms.